The maximum absolute atomic E-state index is 12.8. The predicted molar refractivity (Wildman–Crippen MR) is 75.5 cm³/mol. The number of para-hydroxylation sites is 1. The number of nitrogens with one attached hydrogen (secondary N) is 1. The minimum Gasteiger partial charge on any atom is -0.483 e. The third-order valence-electron chi connectivity index (χ3n) is 2.79. The number of ether oxygens (including phenoxy) is 1. The molecule has 0 aliphatic carbocycles. The first-order chi connectivity index (χ1) is 11.1. The van der Waals surface area contributed by atoms with E-state index < -0.39 is 40.0 Å². The molecule has 24 heavy (non-hydrogen) atoms. The maximum atomic E-state index is 12.8. The fourth-order valence-electron chi connectivity index (χ4n) is 1.75. The van der Waals surface area contributed by atoms with Crippen molar-refractivity contribution in [3.8, 4) is 5.75 Å². The number of nitrogens with zero attached hydrogens (tertiary/aromatic N) is 2. The molecular formula is C13H12F3N3O4S. The number of benzene rings is 1. The van der Waals surface area contributed by atoms with Gasteiger partial charge in [0.2, 0.25) is 0 Å². The summed E-state index contributed by atoms with van der Waals surface area (Å²) in [7, 11) is -2.68. The minimum absolute atomic E-state index is 0.256. The Bertz CT molecular complexity index is 846. The molecule has 1 aromatic heterocycles. The molecule has 0 spiro atoms. The van der Waals surface area contributed by atoms with E-state index in [1.165, 1.54) is 23.9 Å². The summed E-state index contributed by atoms with van der Waals surface area (Å²) in [6, 6.07) is 4.29. The average Bonchev–Trinajstić information content (AvgIpc) is 2.91. The van der Waals surface area contributed by atoms with Crippen LogP contribution in [-0.2, 0) is 28.0 Å². The molecule has 0 bridgehead atoms. The van der Waals surface area contributed by atoms with Crippen molar-refractivity contribution >= 4 is 15.9 Å². The van der Waals surface area contributed by atoms with Crippen LogP contribution in [0.3, 0.4) is 0 Å². The van der Waals surface area contributed by atoms with Gasteiger partial charge in [0.1, 0.15) is 10.6 Å². The number of carbonyl (C=O) groups is 1. The van der Waals surface area contributed by atoms with E-state index in [4.69, 9.17) is 4.74 Å². The van der Waals surface area contributed by atoms with E-state index in [1.54, 1.807) is 4.72 Å². The van der Waals surface area contributed by atoms with Gasteiger partial charge in [-0.15, -0.1) is 0 Å². The van der Waals surface area contributed by atoms with Crippen molar-refractivity contribution < 1.29 is 31.1 Å². The molecule has 1 heterocycles. The first kappa shape index (κ1) is 17.8. The van der Waals surface area contributed by atoms with Crippen molar-refractivity contribution in [2.24, 2.45) is 7.05 Å². The molecule has 0 aliphatic heterocycles. The lowest BCUT2D eigenvalue weighted by Crippen LogP contribution is -2.34. The second-order valence-electron chi connectivity index (χ2n) is 4.66. The number of alkyl halides is 3. The highest BCUT2D eigenvalue weighted by molar-refractivity contribution is 7.90. The molecular weight excluding hydrogens is 351 g/mol. The van der Waals surface area contributed by atoms with Crippen molar-refractivity contribution in [1.82, 2.24) is 14.5 Å². The summed E-state index contributed by atoms with van der Waals surface area (Å²) in [5.41, 5.74) is -1.06. The zero-order valence-corrected chi connectivity index (χ0v) is 13.1. The number of hydrogen-bond donors (Lipinski definition) is 1. The summed E-state index contributed by atoms with van der Waals surface area (Å²) in [5, 5.41) is 3.65. The van der Waals surface area contributed by atoms with Crippen LogP contribution in [0.1, 0.15) is 5.56 Å². The van der Waals surface area contributed by atoms with Gasteiger partial charge in [0.25, 0.3) is 15.9 Å². The lowest BCUT2D eigenvalue weighted by molar-refractivity contribution is -0.139. The monoisotopic (exact) mass is 363 g/mol. The highest BCUT2D eigenvalue weighted by Gasteiger charge is 2.34. The van der Waals surface area contributed by atoms with E-state index >= 15 is 0 Å². The highest BCUT2D eigenvalue weighted by Crippen LogP contribution is 2.35. The third kappa shape index (κ3) is 4.25. The number of aryl methyl sites for hydroxylation is 1. The SMILES string of the molecule is Cn1cc(S(=O)(=O)NC(=O)COc2ccccc2C(F)(F)F)cn1. The number of rotatable bonds is 5. The molecule has 0 atom stereocenters. The van der Waals surface area contributed by atoms with Gasteiger partial charge in [0, 0.05) is 13.2 Å². The smallest absolute Gasteiger partial charge is 0.419 e. The molecule has 130 valence electrons. The Kier molecular flexibility index (Phi) is 4.83. The summed E-state index contributed by atoms with van der Waals surface area (Å²) >= 11 is 0. The predicted octanol–water partition coefficient (Wildman–Crippen LogP) is 1.32. The molecule has 0 saturated heterocycles. The second-order valence-corrected chi connectivity index (χ2v) is 6.34. The Hall–Kier alpha value is -2.56. The zero-order chi connectivity index (χ0) is 18.0. The van der Waals surface area contributed by atoms with E-state index in [1.807, 2.05) is 0 Å². The normalized spacial score (nSPS) is 12.0. The lowest BCUT2D eigenvalue weighted by atomic mass is 10.2. The molecule has 1 N–H and O–H groups in total. The molecule has 2 rings (SSSR count). The van der Waals surface area contributed by atoms with Crippen LogP contribution in [0.2, 0.25) is 0 Å². The molecule has 11 heteroatoms. The molecule has 1 aromatic carbocycles. The van der Waals surface area contributed by atoms with Gasteiger partial charge in [-0.25, -0.2) is 13.1 Å². The van der Waals surface area contributed by atoms with Crippen molar-refractivity contribution in [2.75, 3.05) is 6.61 Å². The van der Waals surface area contributed by atoms with Crippen molar-refractivity contribution in [2.45, 2.75) is 11.1 Å². The van der Waals surface area contributed by atoms with Gasteiger partial charge in [-0.05, 0) is 12.1 Å². The van der Waals surface area contributed by atoms with Gasteiger partial charge in [-0.1, -0.05) is 12.1 Å². The zero-order valence-electron chi connectivity index (χ0n) is 12.2. The van der Waals surface area contributed by atoms with Crippen LogP contribution in [0.5, 0.6) is 5.75 Å². The van der Waals surface area contributed by atoms with E-state index in [2.05, 4.69) is 5.10 Å². The molecule has 0 fully saturated rings. The number of aromatic nitrogens is 2. The van der Waals surface area contributed by atoms with Gasteiger partial charge in [-0.3, -0.25) is 9.48 Å². The molecule has 0 saturated carbocycles. The first-order valence-corrected chi connectivity index (χ1v) is 7.91. The van der Waals surface area contributed by atoms with Crippen LogP contribution in [0.25, 0.3) is 0 Å². The van der Waals surface area contributed by atoms with Crippen LogP contribution in [-0.4, -0.2) is 30.7 Å². The molecule has 1 amide bonds. The number of halogens is 3. The van der Waals surface area contributed by atoms with Crippen molar-refractivity contribution in [3.63, 3.8) is 0 Å². The fourth-order valence-corrected chi connectivity index (χ4v) is 2.70. The number of carbonyl (C=O) groups excluding carboxylic acids is 1. The standard InChI is InChI=1S/C13H12F3N3O4S/c1-19-7-9(6-17-19)24(21,22)18-12(20)8-23-11-5-3-2-4-10(11)13(14,15)16/h2-7H,8H2,1H3,(H,18,20). The number of hydrogen-bond acceptors (Lipinski definition) is 5. The number of amides is 1. The quantitative estimate of drug-likeness (QED) is 0.865. The average molecular weight is 363 g/mol. The highest BCUT2D eigenvalue weighted by atomic mass is 32.2. The second kappa shape index (κ2) is 6.51. The largest absolute Gasteiger partial charge is 0.483 e. The third-order valence-corrected chi connectivity index (χ3v) is 4.12. The molecule has 0 unspecified atom stereocenters. The summed E-state index contributed by atoms with van der Waals surface area (Å²) in [4.78, 5) is 11.4. The van der Waals surface area contributed by atoms with E-state index in [9.17, 15) is 26.4 Å². The number of sulfonamides is 1. The Morgan fingerprint density at radius 1 is 1.33 bits per heavy atom. The topological polar surface area (TPSA) is 90.3 Å². The van der Waals surface area contributed by atoms with E-state index in [0.717, 1.165) is 24.5 Å². The van der Waals surface area contributed by atoms with Gasteiger partial charge in [0.05, 0.1) is 11.8 Å². The summed E-state index contributed by atoms with van der Waals surface area (Å²) < 4.78 is 69.8. The first-order valence-electron chi connectivity index (χ1n) is 6.43. The maximum Gasteiger partial charge on any atom is 0.419 e. The van der Waals surface area contributed by atoms with Gasteiger partial charge in [0.15, 0.2) is 6.61 Å². The van der Waals surface area contributed by atoms with Crippen molar-refractivity contribution in [1.29, 1.82) is 0 Å². The van der Waals surface area contributed by atoms with Crippen LogP contribution >= 0.6 is 0 Å². The Morgan fingerprint density at radius 3 is 2.58 bits per heavy atom. The van der Waals surface area contributed by atoms with Gasteiger partial charge in [-0.2, -0.15) is 18.3 Å². The van der Waals surface area contributed by atoms with Crippen LogP contribution < -0.4 is 9.46 Å². The lowest BCUT2D eigenvalue weighted by Gasteiger charge is -2.13. The van der Waals surface area contributed by atoms with Gasteiger partial charge >= 0.3 is 6.18 Å². The molecule has 0 radical (unpaired) electrons. The van der Waals surface area contributed by atoms with Crippen LogP contribution in [0.15, 0.2) is 41.6 Å². The fraction of sp³-hybridized carbons (Fsp3) is 0.231. The van der Waals surface area contributed by atoms with Gasteiger partial charge < -0.3 is 4.74 Å². The minimum atomic E-state index is -4.66. The Morgan fingerprint density at radius 2 is 2.00 bits per heavy atom. The molecule has 0 aliphatic rings. The van der Waals surface area contributed by atoms with Crippen LogP contribution in [0.4, 0.5) is 13.2 Å². The Balaban J connectivity index is 2.05. The summed E-state index contributed by atoms with van der Waals surface area (Å²) in [5.74, 6) is -1.69. The van der Waals surface area contributed by atoms with E-state index in [-0.39, 0.29) is 4.90 Å². The van der Waals surface area contributed by atoms with Crippen LogP contribution in [0, 0.1) is 0 Å². The molecule has 2 aromatic rings. The van der Waals surface area contributed by atoms with E-state index in [0.29, 0.717) is 0 Å². The van der Waals surface area contributed by atoms with Crippen molar-refractivity contribution in [3.05, 3.63) is 42.2 Å². The Labute approximate surface area is 135 Å². The summed E-state index contributed by atoms with van der Waals surface area (Å²) in [6.07, 6.45) is -2.47. The molecule has 7 nitrogen and oxygen atoms in total. The summed E-state index contributed by atoms with van der Waals surface area (Å²) in [6.45, 7) is -0.896.